The number of halogens is 4. The van der Waals surface area contributed by atoms with E-state index in [1.807, 2.05) is 18.2 Å². The number of hydrogen-bond donors (Lipinski definition) is 2. The number of H-pyrrole nitrogens is 1. The van der Waals surface area contributed by atoms with Crippen LogP contribution in [0.2, 0.25) is 10.0 Å². The Bertz CT molecular complexity index is 1530. The summed E-state index contributed by atoms with van der Waals surface area (Å²) in [4.78, 5) is 24.1. The van der Waals surface area contributed by atoms with E-state index in [0.29, 0.717) is 26.6 Å². The molecule has 0 aliphatic rings. The van der Waals surface area contributed by atoms with Crippen molar-refractivity contribution in [3.05, 3.63) is 87.5 Å². The molecule has 0 radical (unpaired) electrons. The Kier molecular flexibility index (Phi) is 5.89. The molecule has 5 rings (SSSR count). The molecule has 0 saturated heterocycles. The molecule has 0 atom stereocenters. The van der Waals surface area contributed by atoms with Crippen LogP contribution in [0.5, 0.6) is 0 Å². The maximum atomic E-state index is 13.6. The monoisotopic (exact) mass is 500 g/mol. The summed E-state index contributed by atoms with van der Waals surface area (Å²) >= 11 is 12.1. The van der Waals surface area contributed by atoms with E-state index in [0.717, 1.165) is 16.5 Å². The first kappa shape index (κ1) is 22.2. The van der Waals surface area contributed by atoms with Crippen molar-refractivity contribution in [2.75, 3.05) is 0 Å². The normalized spacial score (nSPS) is 11.6. The maximum absolute atomic E-state index is 13.6. The number of hydrogen-bond acceptors (Lipinski definition) is 4. The average Bonchev–Trinajstić information content (AvgIpc) is 3.41. The summed E-state index contributed by atoms with van der Waals surface area (Å²) in [6.07, 6.45) is 3.16. The van der Waals surface area contributed by atoms with E-state index >= 15 is 0 Å². The number of aromatic amines is 1. The third-order valence-electron chi connectivity index (χ3n) is 5.29. The highest BCUT2D eigenvalue weighted by Crippen LogP contribution is 2.24. The summed E-state index contributed by atoms with van der Waals surface area (Å²) in [7, 11) is 0. The number of fused-ring (bicyclic) bond motifs is 2. The third-order valence-corrected chi connectivity index (χ3v) is 5.81. The molecule has 5 aromatic rings. The Morgan fingerprint density at radius 2 is 1.97 bits per heavy atom. The van der Waals surface area contributed by atoms with Gasteiger partial charge in [-0.25, -0.2) is 13.8 Å². The number of carbonyl (C=O) groups excluding carboxylic acids is 1. The molecule has 0 aliphatic carbocycles. The van der Waals surface area contributed by atoms with Gasteiger partial charge in [0.25, 0.3) is 12.3 Å². The van der Waals surface area contributed by atoms with Gasteiger partial charge < -0.3 is 10.3 Å². The molecule has 4 heterocycles. The molecule has 0 fully saturated rings. The van der Waals surface area contributed by atoms with Crippen molar-refractivity contribution in [3.63, 3.8) is 0 Å². The molecule has 2 N–H and O–H groups in total. The lowest BCUT2D eigenvalue weighted by molar-refractivity contribution is 0.0936. The molecule has 11 heteroatoms. The van der Waals surface area contributed by atoms with Gasteiger partial charge in [0, 0.05) is 42.1 Å². The number of nitrogens with zero attached hydrogens (tertiary/aromatic N) is 4. The van der Waals surface area contributed by atoms with Gasteiger partial charge in [-0.15, -0.1) is 0 Å². The van der Waals surface area contributed by atoms with E-state index in [1.165, 1.54) is 10.9 Å². The number of nitrogens with one attached hydrogen (secondary N) is 2. The molecule has 172 valence electrons. The Balaban J connectivity index is 1.35. The molecule has 0 unspecified atom stereocenters. The number of amides is 1. The molecular weight excluding hydrogens is 485 g/mol. The van der Waals surface area contributed by atoms with Crippen LogP contribution in [0.1, 0.15) is 33.6 Å². The van der Waals surface area contributed by atoms with Crippen molar-refractivity contribution in [3.8, 4) is 0 Å². The molecule has 0 spiro atoms. The lowest BCUT2D eigenvalue weighted by Crippen LogP contribution is -2.23. The number of carbonyl (C=O) groups is 1. The standard InChI is InChI=1S/C23H16Cl2F2N6O/c24-15-5-14-3-12(1-2-19(14)28-8-15)10-33-11-17(20(32-33)21(26)27)23(34)31-7-13-4-16-18(25)9-30-22(16)29-6-13/h1-6,8-9,11,21H,7,10H2,(H,29,30)(H,31,34). The van der Waals surface area contributed by atoms with Gasteiger partial charge in [-0.05, 0) is 35.4 Å². The Hall–Kier alpha value is -3.56. The van der Waals surface area contributed by atoms with Crippen molar-refractivity contribution >= 4 is 51.0 Å². The van der Waals surface area contributed by atoms with Crippen LogP contribution in [0.3, 0.4) is 0 Å². The van der Waals surface area contributed by atoms with Crippen molar-refractivity contribution in [2.24, 2.45) is 0 Å². The van der Waals surface area contributed by atoms with E-state index in [1.54, 1.807) is 30.7 Å². The van der Waals surface area contributed by atoms with E-state index in [2.05, 4.69) is 25.4 Å². The van der Waals surface area contributed by atoms with Gasteiger partial charge in [-0.1, -0.05) is 29.3 Å². The van der Waals surface area contributed by atoms with E-state index in [9.17, 15) is 13.6 Å². The lowest BCUT2D eigenvalue weighted by Gasteiger charge is -2.05. The number of pyridine rings is 2. The van der Waals surface area contributed by atoms with Crippen molar-refractivity contribution in [1.29, 1.82) is 0 Å². The molecule has 34 heavy (non-hydrogen) atoms. The average molecular weight is 501 g/mol. The second-order valence-electron chi connectivity index (χ2n) is 7.67. The van der Waals surface area contributed by atoms with Crippen molar-refractivity contribution < 1.29 is 13.6 Å². The third kappa shape index (κ3) is 4.44. The van der Waals surface area contributed by atoms with Crippen LogP contribution in [-0.2, 0) is 13.1 Å². The van der Waals surface area contributed by atoms with Gasteiger partial charge in [0.15, 0.2) is 0 Å². The van der Waals surface area contributed by atoms with Crippen LogP contribution in [0.4, 0.5) is 8.78 Å². The van der Waals surface area contributed by atoms with Crippen LogP contribution in [0.25, 0.3) is 21.9 Å². The minimum Gasteiger partial charge on any atom is -0.348 e. The Morgan fingerprint density at radius 1 is 1.12 bits per heavy atom. The molecule has 1 aromatic carbocycles. The summed E-state index contributed by atoms with van der Waals surface area (Å²) in [6.45, 7) is 0.289. The summed E-state index contributed by atoms with van der Waals surface area (Å²) in [5, 5.41) is 9.13. The lowest BCUT2D eigenvalue weighted by atomic mass is 10.1. The summed E-state index contributed by atoms with van der Waals surface area (Å²) < 4.78 is 28.6. The van der Waals surface area contributed by atoms with E-state index < -0.39 is 18.0 Å². The van der Waals surface area contributed by atoms with Gasteiger partial charge >= 0.3 is 0 Å². The largest absolute Gasteiger partial charge is 0.348 e. The highest BCUT2D eigenvalue weighted by atomic mass is 35.5. The Morgan fingerprint density at radius 3 is 2.79 bits per heavy atom. The quantitative estimate of drug-likeness (QED) is 0.320. The molecule has 0 bridgehead atoms. The molecule has 0 aliphatic heterocycles. The molecule has 1 amide bonds. The second-order valence-corrected chi connectivity index (χ2v) is 8.51. The summed E-state index contributed by atoms with van der Waals surface area (Å²) in [5.74, 6) is -0.656. The first-order chi connectivity index (χ1) is 16.4. The number of alkyl halides is 2. The summed E-state index contributed by atoms with van der Waals surface area (Å²) in [5.41, 5.74) is 2.09. The summed E-state index contributed by atoms with van der Waals surface area (Å²) in [6, 6.07) is 9.04. The first-order valence-corrected chi connectivity index (χ1v) is 10.9. The zero-order valence-corrected chi connectivity index (χ0v) is 18.9. The second kappa shape index (κ2) is 9.00. The van der Waals surface area contributed by atoms with Crippen LogP contribution in [0.15, 0.2) is 55.1 Å². The Labute approximate surface area is 201 Å². The van der Waals surface area contributed by atoms with E-state index in [-0.39, 0.29) is 18.7 Å². The van der Waals surface area contributed by atoms with Gasteiger partial charge in [0.1, 0.15) is 11.3 Å². The fourth-order valence-corrected chi connectivity index (χ4v) is 4.05. The molecule has 4 aromatic heterocycles. The fraction of sp³-hybridized carbons (Fsp3) is 0.130. The van der Waals surface area contributed by atoms with Crippen molar-refractivity contribution in [1.82, 2.24) is 30.0 Å². The number of benzene rings is 1. The SMILES string of the molecule is O=C(NCc1cnc2[nH]cc(Cl)c2c1)c1cn(Cc2ccc3ncc(Cl)cc3c2)nc1C(F)F. The van der Waals surface area contributed by atoms with Crippen LogP contribution < -0.4 is 5.32 Å². The number of aromatic nitrogens is 5. The topological polar surface area (TPSA) is 88.5 Å². The fourth-order valence-electron chi connectivity index (χ4n) is 3.68. The molecule has 0 saturated carbocycles. The predicted molar refractivity (Wildman–Crippen MR) is 125 cm³/mol. The van der Waals surface area contributed by atoms with Crippen LogP contribution >= 0.6 is 23.2 Å². The number of rotatable bonds is 6. The molecular formula is C23H16Cl2F2N6O. The minimum atomic E-state index is -2.90. The minimum absolute atomic E-state index is 0.0928. The smallest absolute Gasteiger partial charge is 0.282 e. The van der Waals surface area contributed by atoms with Crippen LogP contribution in [-0.4, -0.2) is 30.6 Å². The van der Waals surface area contributed by atoms with Crippen LogP contribution in [0, 0.1) is 0 Å². The molecule has 7 nitrogen and oxygen atoms in total. The predicted octanol–water partition coefficient (Wildman–Crippen LogP) is 5.53. The van der Waals surface area contributed by atoms with Gasteiger partial charge in [-0.2, -0.15) is 5.10 Å². The highest BCUT2D eigenvalue weighted by molar-refractivity contribution is 6.35. The van der Waals surface area contributed by atoms with Gasteiger partial charge in [-0.3, -0.25) is 14.5 Å². The van der Waals surface area contributed by atoms with Crippen molar-refractivity contribution in [2.45, 2.75) is 19.5 Å². The maximum Gasteiger partial charge on any atom is 0.282 e. The van der Waals surface area contributed by atoms with E-state index in [4.69, 9.17) is 23.2 Å². The zero-order valence-electron chi connectivity index (χ0n) is 17.4. The first-order valence-electron chi connectivity index (χ1n) is 10.2. The van der Waals surface area contributed by atoms with Gasteiger partial charge in [0.2, 0.25) is 0 Å². The zero-order chi connectivity index (χ0) is 23.8. The highest BCUT2D eigenvalue weighted by Gasteiger charge is 2.23. The van der Waals surface area contributed by atoms with Gasteiger partial charge in [0.05, 0.1) is 27.7 Å².